The monoisotopic (exact) mass is 304 g/mol. The van der Waals surface area contributed by atoms with Crippen LogP contribution in [-0.2, 0) is 42.9 Å². The molecule has 0 aromatic heterocycles. The first-order valence-electron chi connectivity index (χ1n) is 6.05. The predicted octanol–water partition coefficient (Wildman–Crippen LogP) is -0.342. The summed E-state index contributed by atoms with van der Waals surface area (Å²) in [7, 11) is 0. The van der Waals surface area contributed by atoms with Crippen LogP contribution in [0.2, 0.25) is 0 Å². The average Bonchev–Trinajstić information content (AvgIpc) is 2.55. The fourth-order valence-electron chi connectivity index (χ4n) is 1.74. The zero-order chi connectivity index (χ0) is 16.2. The first kappa shape index (κ1) is 16.9. The first-order valence-corrected chi connectivity index (χ1v) is 6.05. The summed E-state index contributed by atoms with van der Waals surface area (Å²) in [4.78, 5) is 44.3. The summed E-state index contributed by atoms with van der Waals surface area (Å²) >= 11 is 0. The normalized spacial score (nSPS) is 27.6. The quantitative estimate of drug-likeness (QED) is 0.508. The van der Waals surface area contributed by atoms with Crippen LogP contribution < -0.4 is 0 Å². The van der Waals surface area contributed by atoms with Gasteiger partial charge in [0.2, 0.25) is 24.8 Å². The molecule has 0 saturated carbocycles. The summed E-state index contributed by atoms with van der Waals surface area (Å²) in [6, 6.07) is 0. The van der Waals surface area contributed by atoms with Gasteiger partial charge in [-0.3, -0.25) is 23.9 Å². The van der Waals surface area contributed by atoms with E-state index in [4.69, 9.17) is 23.7 Å². The van der Waals surface area contributed by atoms with Crippen molar-refractivity contribution in [2.75, 3.05) is 0 Å². The predicted molar refractivity (Wildman–Crippen MR) is 63.3 cm³/mol. The van der Waals surface area contributed by atoms with Crippen LogP contribution in [0.1, 0.15) is 27.7 Å². The molecule has 1 aliphatic rings. The summed E-state index contributed by atoms with van der Waals surface area (Å²) in [5.74, 6) is -2.83. The lowest BCUT2D eigenvalue weighted by atomic mass is 10.2. The van der Waals surface area contributed by atoms with E-state index in [1.165, 1.54) is 0 Å². The zero-order valence-electron chi connectivity index (χ0n) is 12.0. The molecule has 0 aromatic rings. The summed E-state index contributed by atoms with van der Waals surface area (Å²) in [6.45, 7) is 4.48. The summed E-state index contributed by atoms with van der Waals surface area (Å²) in [5, 5.41) is 0. The summed E-state index contributed by atoms with van der Waals surface area (Å²) < 4.78 is 24.7. The van der Waals surface area contributed by atoms with Gasteiger partial charge in [0, 0.05) is 27.7 Å². The lowest BCUT2D eigenvalue weighted by molar-refractivity contribution is -0.222. The highest BCUT2D eigenvalue weighted by molar-refractivity contribution is 5.69. The maximum absolute atomic E-state index is 11.1. The minimum Gasteiger partial charge on any atom is -0.452 e. The SMILES string of the molecule is CC(=O)O[C@H]1O[C@@H](OC(C)=O)[C@H](OC(C)=O)[C@@H]1OC(C)=O. The third-order valence-corrected chi connectivity index (χ3v) is 2.30. The lowest BCUT2D eigenvalue weighted by Gasteiger charge is -2.22. The third kappa shape index (κ3) is 5.03. The summed E-state index contributed by atoms with van der Waals surface area (Å²) in [5.41, 5.74) is 0. The molecule has 0 aromatic carbocycles. The Morgan fingerprint density at radius 2 is 0.905 bits per heavy atom. The maximum atomic E-state index is 11.1. The van der Waals surface area contributed by atoms with Crippen molar-refractivity contribution >= 4 is 23.9 Å². The van der Waals surface area contributed by atoms with Crippen LogP contribution in [0.4, 0.5) is 0 Å². The summed E-state index contributed by atoms with van der Waals surface area (Å²) in [6.07, 6.45) is -5.17. The second-order valence-electron chi connectivity index (χ2n) is 4.24. The van der Waals surface area contributed by atoms with Crippen molar-refractivity contribution < 1.29 is 42.9 Å². The van der Waals surface area contributed by atoms with Crippen molar-refractivity contribution in [3.63, 3.8) is 0 Å². The molecule has 0 unspecified atom stereocenters. The highest BCUT2D eigenvalue weighted by Crippen LogP contribution is 2.29. The molecule has 0 radical (unpaired) electrons. The highest BCUT2D eigenvalue weighted by atomic mass is 16.8. The molecule has 9 nitrogen and oxygen atoms in total. The number of ether oxygens (including phenoxy) is 5. The van der Waals surface area contributed by atoms with Crippen LogP contribution >= 0.6 is 0 Å². The Bertz CT molecular complexity index is 404. The van der Waals surface area contributed by atoms with Crippen molar-refractivity contribution in [3.05, 3.63) is 0 Å². The molecule has 1 rings (SSSR count). The maximum Gasteiger partial charge on any atom is 0.305 e. The second kappa shape index (κ2) is 7.02. The van der Waals surface area contributed by atoms with Gasteiger partial charge in [-0.05, 0) is 0 Å². The Morgan fingerprint density at radius 3 is 1.14 bits per heavy atom. The van der Waals surface area contributed by atoms with Crippen molar-refractivity contribution in [2.24, 2.45) is 0 Å². The van der Waals surface area contributed by atoms with Gasteiger partial charge in [0.25, 0.3) is 0 Å². The van der Waals surface area contributed by atoms with E-state index in [9.17, 15) is 19.2 Å². The Labute approximate surface area is 120 Å². The minimum absolute atomic E-state index is 0.706. The van der Waals surface area contributed by atoms with Crippen LogP contribution in [0.3, 0.4) is 0 Å². The van der Waals surface area contributed by atoms with E-state index in [2.05, 4.69) is 0 Å². The van der Waals surface area contributed by atoms with Crippen molar-refractivity contribution in [3.8, 4) is 0 Å². The van der Waals surface area contributed by atoms with Gasteiger partial charge in [-0.2, -0.15) is 0 Å². The van der Waals surface area contributed by atoms with E-state index in [1.807, 2.05) is 0 Å². The van der Waals surface area contributed by atoms with Crippen LogP contribution in [0.15, 0.2) is 0 Å². The Kier molecular flexibility index (Phi) is 5.65. The lowest BCUT2D eigenvalue weighted by Crippen LogP contribution is -2.41. The highest BCUT2D eigenvalue weighted by Gasteiger charge is 2.53. The van der Waals surface area contributed by atoms with E-state index in [0.29, 0.717) is 0 Å². The number of hydrogen-bond donors (Lipinski definition) is 0. The molecule has 21 heavy (non-hydrogen) atoms. The molecule has 0 aliphatic carbocycles. The minimum atomic E-state index is -1.35. The molecule has 1 saturated heterocycles. The van der Waals surface area contributed by atoms with Crippen molar-refractivity contribution in [2.45, 2.75) is 52.5 Å². The van der Waals surface area contributed by atoms with Crippen molar-refractivity contribution in [1.29, 1.82) is 0 Å². The molecular weight excluding hydrogens is 288 g/mol. The van der Waals surface area contributed by atoms with Gasteiger partial charge < -0.3 is 18.9 Å². The fraction of sp³-hybridized carbons (Fsp3) is 0.667. The fourth-order valence-corrected chi connectivity index (χ4v) is 1.74. The van der Waals surface area contributed by atoms with Gasteiger partial charge in [0.15, 0.2) is 0 Å². The second-order valence-corrected chi connectivity index (χ2v) is 4.24. The van der Waals surface area contributed by atoms with E-state index in [0.717, 1.165) is 27.7 Å². The molecule has 118 valence electrons. The number of carbonyl (C=O) groups is 4. The molecule has 0 spiro atoms. The van der Waals surface area contributed by atoms with Gasteiger partial charge in [-0.15, -0.1) is 0 Å². The van der Waals surface area contributed by atoms with E-state index in [-0.39, 0.29) is 0 Å². The molecule has 4 atom stereocenters. The van der Waals surface area contributed by atoms with Crippen LogP contribution in [-0.4, -0.2) is 48.7 Å². The van der Waals surface area contributed by atoms with Gasteiger partial charge >= 0.3 is 23.9 Å². The van der Waals surface area contributed by atoms with Crippen LogP contribution in [0, 0.1) is 0 Å². The number of rotatable bonds is 4. The Balaban J connectivity index is 2.99. The smallest absolute Gasteiger partial charge is 0.305 e. The van der Waals surface area contributed by atoms with Gasteiger partial charge in [0.1, 0.15) is 0 Å². The first-order chi connectivity index (χ1) is 9.70. The Morgan fingerprint density at radius 1 is 0.619 bits per heavy atom. The molecule has 0 amide bonds. The standard InChI is InChI=1S/C12H16O9/c1-5(13)17-9-10(18-6(2)14)12(20-8(4)16)21-11(9)19-7(3)15/h9-12H,1-4H3/t9-,10+,11-,12+. The van der Waals surface area contributed by atoms with Crippen molar-refractivity contribution in [1.82, 2.24) is 0 Å². The molecule has 0 bridgehead atoms. The van der Waals surface area contributed by atoms with Gasteiger partial charge in [0.05, 0.1) is 0 Å². The van der Waals surface area contributed by atoms with E-state index in [1.54, 1.807) is 0 Å². The molecule has 1 fully saturated rings. The molecular formula is C12H16O9. The topological polar surface area (TPSA) is 114 Å². The molecule has 9 heteroatoms. The number of esters is 4. The average molecular weight is 304 g/mol. The largest absolute Gasteiger partial charge is 0.452 e. The van der Waals surface area contributed by atoms with Crippen LogP contribution in [0.5, 0.6) is 0 Å². The Hall–Kier alpha value is -2.16. The van der Waals surface area contributed by atoms with E-state index < -0.39 is 48.7 Å². The van der Waals surface area contributed by atoms with Gasteiger partial charge in [-0.1, -0.05) is 0 Å². The third-order valence-electron chi connectivity index (χ3n) is 2.30. The molecule has 1 heterocycles. The molecule has 0 N–H and O–H groups in total. The number of carbonyl (C=O) groups excluding carboxylic acids is 4. The molecule has 1 aliphatic heterocycles. The number of hydrogen-bond acceptors (Lipinski definition) is 9. The zero-order valence-corrected chi connectivity index (χ0v) is 12.0. The van der Waals surface area contributed by atoms with Gasteiger partial charge in [-0.25, -0.2) is 0 Å². The van der Waals surface area contributed by atoms with E-state index >= 15 is 0 Å². The van der Waals surface area contributed by atoms with Crippen LogP contribution in [0.25, 0.3) is 0 Å².